The molecule has 0 saturated heterocycles. The zero-order valence-corrected chi connectivity index (χ0v) is 22.2. The molecule has 0 bridgehead atoms. The number of rotatable bonds is 5. The van der Waals surface area contributed by atoms with E-state index in [1.54, 1.807) is 43.5 Å². The maximum absolute atomic E-state index is 13.0. The van der Waals surface area contributed by atoms with Crippen molar-refractivity contribution in [2.24, 2.45) is 5.10 Å². The van der Waals surface area contributed by atoms with Crippen LogP contribution < -0.4 is 10.3 Å². The first-order chi connectivity index (χ1) is 15.3. The van der Waals surface area contributed by atoms with Crippen LogP contribution in [0, 0.1) is 6.92 Å². The lowest BCUT2D eigenvalue weighted by atomic mass is 10.2. The van der Waals surface area contributed by atoms with Crippen LogP contribution in [0.4, 0.5) is 0 Å². The van der Waals surface area contributed by atoms with Crippen molar-refractivity contribution in [1.29, 1.82) is 0 Å². The number of benzene rings is 3. The van der Waals surface area contributed by atoms with Crippen molar-refractivity contribution in [1.82, 2.24) is 9.66 Å². The molecule has 0 aliphatic rings. The summed E-state index contributed by atoms with van der Waals surface area (Å²) in [5.41, 5.74) is 2.00. The lowest BCUT2D eigenvalue weighted by Gasteiger charge is -2.11. The highest BCUT2D eigenvalue weighted by Crippen LogP contribution is 2.26. The Morgan fingerprint density at radius 2 is 1.81 bits per heavy atom. The fourth-order valence-electron chi connectivity index (χ4n) is 3.06. The summed E-state index contributed by atoms with van der Waals surface area (Å²) in [7, 11) is 0. The summed E-state index contributed by atoms with van der Waals surface area (Å²) >= 11 is 16.6. The highest BCUT2D eigenvalue weighted by atomic mass is 79.9. The number of hydrogen-bond donors (Lipinski definition) is 0. The maximum atomic E-state index is 13.0. The molecule has 0 fully saturated rings. The molecule has 0 aliphatic heterocycles. The van der Waals surface area contributed by atoms with Gasteiger partial charge in [0.1, 0.15) is 18.2 Å². The third kappa shape index (κ3) is 5.14. The standard InChI is InChI=1S/C23H15Br3ClN3O2/c1-13-29-21-6-4-16(24)9-19(21)23(31)30(13)28-11-15-8-18(27)5-7-22(15)32-12-14-2-3-17(25)10-20(14)26/h2-11H,12H2,1H3. The van der Waals surface area contributed by atoms with Crippen LogP contribution >= 0.6 is 59.4 Å². The summed E-state index contributed by atoms with van der Waals surface area (Å²) in [5, 5.41) is 5.40. The number of ether oxygens (including phenoxy) is 1. The molecule has 162 valence electrons. The smallest absolute Gasteiger partial charge is 0.282 e. The van der Waals surface area contributed by atoms with E-state index < -0.39 is 0 Å². The van der Waals surface area contributed by atoms with E-state index in [9.17, 15) is 4.79 Å². The Morgan fingerprint density at radius 3 is 2.59 bits per heavy atom. The van der Waals surface area contributed by atoms with Crippen LogP contribution in [0.15, 0.2) is 77.9 Å². The molecule has 32 heavy (non-hydrogen) atoms. The van der Waals surface area contributed by atoms with Gasteiger partial charge in [-0.3, -0.25) is 4.79 Å². The topological polar surface area (TPSA) is 56.5 Å². The van der Waals surface area contributed by atoms with E-state index in [0.29, 0.717) is 39.7 Å². The van der Waals surface area contributed by atoms with Crippen molar-refractivity contribution in [3.05, 3.63) is 100 Å². The Bertz CT molecular complexity index is 1420. The predicted octanol–water partition coefficient (Wildman–Crippen LogP) is 7.11. The van der Waals surface area contributed by atoms with E-state index in [0.717, 1.165) is 19.0 Å². The minimum atomic E-state index is -0.256. The van der Waals surface area contributed by atoms with Gasteiger partial charge in [-0.25, -0.2) is 4.98 Å². The number of halogens is 4. The second-order valence-electron chi connectivity index (χ2n) is 6.89. The van der Waals surface area contributed by atoms with Crippen LogP contribution in [0.2, 0.25) is 5.02 Å². The molecular formula is C23H15Br3ClN3O2. The molecular weight excluding hydrogens is 625 g/mol. The molecule has 4 rings (SSSR count). The quantitative estimate of drug-likeness (QED) is 0.219. The van der Waals surface area contributed by atoms with Crippen molar-refractivity contribution in [3.63, 3.8) is 0 Å². The molecule has 0 N–H and O–H groups in total. The summed E-state index contributed by atoms with van der Waals surface area (Å²) in [5.74, 6) is 1.07. The Morgan fingerprint density at radius 1 is 1.06 bits per heavy atom. The molecule has 9 heteroatoms. The summed E-state index contributed by atoms with van der Waals surface area (Å²) in [6, 6.07) is 16.5. The minimum absolute atomic E-state index is 0.256. The van der Waals surface area contributed by atoms with Crippen LogP contribution in [0.25, 0.3) is 10.9 Å². The Hall–Kier alpha value is -2.00. The number of aryl methyl sites for hydroxylation is 1. The van der Waals surface area contributed by atoms with Crippen LogP contribution in [-0.4, -0.2) is 15.9 Å². The molecule has 0 radical (unpaired) electrons. The van der Waals surface area contributed by atoms with Gasteiger partial charge in [-0.1, -0.05) is 65.5 Å². The largest absolute Gasteiger partial charge is 0.488 e. The molecule has 0 saturated carbocycles. The van der Waals surface area contributed by atoms with E-state index in [4.69, 9.17) is 16.3 Å². The minimum Gasteiger partial charge on any atom is -0.488 e. The third-order valence-corrected chi connectivity index (χ3v) is 6.61. The maximum Gasteiger partial charge on any atom is 0.282 e. The van der Waals surface area contributed by atoms with Gasteiger partial charge in [-0.15, -0.1) is 0 Å². The monoisotopic (exact) mass is 637 g/mol. The highest BCUT2D eigenvalue weighted by molar-refractivity contribution is 9.11. The van der Waals surface area contributed by atoms with E-state index in [-0.39, 0.29) is 5.56 Å². The zero-order valence-electron chi connectivity index (χ0n) is 16.7. The Labute approximate surface area is 214 Å². The molecule has 0 amide bonds. The van der Waals surface area contributed by atoms with Crippen molar-refractivity contribution >= 4 is 76.5 Å². The summed E-state index contributed by atoms with van der Waals surface area (Å²) in [4.78, 5) is 17.5. The van der Waals surface area contributed by atoms with Gasteiger partial charge in [0, 0.05) is 29.6 Å². The SMILES string of the molecule is Cc1nc2ccc(Br)cc2c(=O)n1N=Cc1cc(Cl)ccc1OCc1ccc(Br)cc1Br. The predicted molar refractivity (Wildman–Crippen MR) is 139 cm³/mol. The van der Waals surface area contributed by atoms with E-state index in [1.165, 1.54) is 4.68 Å². The molecule has 0 unspecified atom stereocenters. The third-order valence-electron chi connectivity index (χ3n) is 4.65. The molecule has 1 heterocycles. The molecule has 5 nitrogen and oxygen atoms in total. The molecule has 3 aromatic carbocycles. The molecule has 4 aromatic rings. The lowest BCUT2D eigenvalue weighted by molar-refractivity contribution is 0.305. The second-order valence-corrected chi connectivity index (χ2v) is 10.0. The van der Waals surface area contributed by atoms with Crippen molar-refractivity contribution < 1.29 is 4.74 Å². The van der Waals surface area contributed by atoms with Gasteiger partial charge >= 0.3 is 0 Å². The van der Waals surface area contributed by atoms with Crippen LogP contribution in [-0.2, 0) is 6.61 Å². The Balaban J connectivity index is 1.67. The van der Waals surface area contributed by atoms with Crippen molar-refractivity contribution in [2.45, 2.75) is 13.5 Å². The van der Waals surface area contributed by atoms with Crippen molar-refractivity contribution in [3.8, 4) is 5.75 Å². The van der Waals surface area contributed by atoms with Crippen molar-refractivity contribution in [2.75, 3.05) is 0 Å². The normalized spacial score (nSPS) is 11.4. The summed E-state index contributed by atoms with van der Waals surface area (Å²) in [6.07, 6.45) is 1.55. The average Bonchev–Trinajstić information content (AvgIpc) is 2.74. The summed E-state index contributed by atoms with van der Waals surface area (Å²) < 4.78 is 10.0. The first kappa shape index (κ1) is 23.2. The fraction of sp³-hybridized carbons (Fsp3) is 0.0870. The van der Waals surface area contributed by atoms with Crippen LogP contribution in [0.1, 0.15) is 17.0 Å². The lowest BCUT2D eigenvalue weighted by Crippen LogP contribution is -2.20. The van der Waals surface area contributed by atoms with Gasteiger partial charge < -0.3 is 4.74 Å². The fourth-order valence-corrected chi connectivity index (χ4v) is 4.76. The molecule has 0 spiro atoms. The molecule has 0 atom stereocenters. The molecule has 1 aromatic heterocycles. The van der Waals surface area contributed by atoms with Gasteiger partial charge in [0.05, 0.1) is 17.1 Å². The number of hydrogen-bond acceptors (Lipinski definition) is 4. The van der Waals surface area contributed by atoms with E-state index in [1.807, 2.05) is 24.3 Å². The summed E-state index contributed by atoms with van der Waals surface area (Å²) in [6.45, 7) is 2.08. The average molecular weight is 641 g/mol. The van der Waals surface area contributed by atoms with Gasteiger partial charge in [0.2, 0.25) is 0 Å². The first-order valence-electron chi connectivity index (χ1n) is 9.41. The van der Waals surface area contributed by atoms with E-state index in [2.05, 4.69) is 57.9 Å². The van der Waals surface area contributed by atoms with E-state index >= 15 is 0 Å². The first-order valence-corrected chi connectivity index (χ1v) is 12.2. The zero-order chi connectivity index (χ0) is 22.8. The number of aromatic nitrogens is 2. The second kappa shape index (κ2) is 9.87. The molecule has 0 aliphatic carbocycles. The van der Waals surface area contributed by atoms with Gasteiger partial charge in [0.15, 0.2) is 0 Å². The van der Waals surface area contributed by atoms with Gasteiger partial charge in [-0.05, 0) is 55.5 Å². The van der Waals surface area contributed by atoms with Crippen LogP contribution in [0.3, 0.4) is 0 Å². The number of fused-ring (bicyclic) bond motifs is 1. The van der Waals surface area contributed by atoms with Gasteiger partial charge in [-0.2, -0.15) is 9.78 Å². The van der Waals surface area contributed by atoms with Crippen LogP contribution in [0.5, 0.6) is 5.75 Å². The van der Waals surface area contributed by atoms with Gasteiger partial charge in [0.25, 0.3) is 5.56 Å². The Kier molecular flexibility index (Phi) is 7.14. The highest BCUT2D eigenvalue weighted by Gasteiger charge is 2.10. The number of nitrogens with zero attached hydrogens (tertiary/aromatic N) is 3.